The Morgan fingerprint density at radius 3 is 2.53 bits per heavy atom. The lowest BCUT2D eigenvalue weighted by Crippen LogP contribution is -2.32. The van der Waals surface area contributed by atoms with E-state index in [0.717, 1.165) is 17.3 Å². The minimum absolute atomic E-state index is 0.116. The maximum Gasteiger partial charge on any atom is 0.0834 e. The van der Waals surface area contributed by atoms with Crippen LogP contribution in [0, 0.1) is 5.41 Å². The fourth-order valence-corrected chi connectivity index (χ4v) is 2.14. The van der Waals surface area contributed by atoms with Crippen molar-refractivity contribution in [1.82, 2.24) is 15.1 Å². The van der Waals surface area contributed by atoms with Crippen LogP contribution < -0.4 is 5.32 Å². The molecule has 1 aromatic rings. The Hall–Kier alpha value is -0.540. The van der Waals surface area contributed by atoms with Crippen LogP contribution in [0.5, 0.6) is 0 Å². The van der Waals surface area contributed by atoms with Crippen molar-refractivity contribution in [2.45, 2.75) is 40.3 Å². The first kappa shape index (κ1) is 12.5. The molecule has 1 N–H and O–H groups in total. The molecular weight excluding hydrogens is 210 g/mol. The van der Waals surface area contributed by atoms with Gasteiger partial charge in [0.25, 0.3) is 0 Å². The summed E-state index contributed by atoms with van der Waals surface area (Å²) in [5.41, 5.74) is 1.19. The van der Waals surface area contributed by atoms with Crippen LogP contribution in [0.2, 0.25) is 5.02 Å². The summed E-state index contributed by atoms with van der Waals surface area (Å²) < 4.78 is 1.95. The van der Waals surface area contributed by atoms with Crippen molar-refractivity contribution in [2.24, 2.45) is 5.41 Å². The number of hydrogen-bond donors (Lipinski definition) is 1. The number of nitrogens with one attached hydrogen (secondary N) is 1. The van der Waals surface area contributed by atoms with Gasteiger partial charge in [0.1, 0.15) is 0 Å². The molecule has 0 saturated heterocycles. The third-order valence-electron chi connectivity index (χ3n) is 2.56. The van der Waals surface area contributed by atoms with E-state index in [1.54, 1.807) is 6.20 Å². The predicted molar refractivity (Wildman–Crippen MR) is 64.2 cm³/mol. The zero-order valence-electron chi connectivity index (χ0n) is 10.1. The van der Waals surface area contributed by atoms with Crippen LogP contribution >= 0.6 is 11.6 Å². The number of aromatic nitrogens is 2. The van der Waals surface area contributed by atoms with Crippen LogP contribution in [0.3, 0.4) is 0 Å². The van der Waals surface area contributed by atoms with Crippen LogP contribution in [0.25, 0.3) is 0 Å². The molecular formula is C11H20ClN3. The third kappa shape index (κ3) is 2.52. The molecule has 0 aliphatic rings. The molecule has 1 rings (SSSR count). The van der Waals surface area contributed by atoms with Gasteiger partial charge >= 0.3 is 0 Å². The summed E-state index contributed by atoms with van der Waals surface area (Å²) in [6, 6.07) is 0.215. The zero-order valence-corrected chi connectivity index (χ0v) is 10.9. The number of rotatable bonds is 3. The largest absolute Gasteiger partial charge is 0.311 e. The van der Waals surface area contributed by atoms with Crippen LogP contribution in [-0.4, -0.2) is 16.8 Å². The standard InChI is InChI=1S/C11H20ClN3/c1-6-15-9(8(12)7-14-15)10(13-5)11(2,3)4/h7,10,13H,6H2,1-5H3. The van der Waals surface area contributed by atoms with E-state index in [1.165, 1.54) is 0 Å². The highest BCUT2D eigenvalue weighted by Gasteiger charge is 2.29. The van der Waals surface area contributed by atoms with Gasteiger partial charge in [-0.25, -0.2) is 0 Å². The van der Waals surface area contributed by atoms with Gasteiger partial charge in [-0.15, -0.1) is 0 Å². The smallest absolute Gasteiger partial charge is 0.0834 e. The summed E-state index contributed by atoms with van der Waals surface area (Å²) in [6.45, 7) is 9.49. The first-order chi connectivity index (χ1) is 6.91. The quantitative estimate of drug-likeness (QED) is 0.864. The van der Waals surface area contributed by atoms with Crippen LogP contribution in [0.4, 0.5) is 0 Å². The molecule has 1 atom stereocenters. The van der Waals surface area contributed by atoms with Crippen molar-refractivity contribution < 1.29 is 0 Å². The molecule has 0 fully saturated rings. The molecule has 0 bridgehead atoms. The summed E-state index contributed by atoms with van der Waals surface area (Å²) in [7, 11) is 1.96. The lowest BCUT2D eigenvalue weighted by Gasteiger charge is -2.31. The minimum atomic E-state index is 0.116. The van der Waals surface area contributed by atoms with Gasteiger partial charge in [0.05, 0.1) is 23.0 Å². The van der Waals surface area contributed by atoms with Crippen molar-refractivity contribution in [3.63, 3.8) is 0 Å². The molecule has 0 radical (unpaired) electrons. The molecule has 86 valence electrons. The van der Waals surface area contributed by atoms with Crippen LogP contribution in [0.1, 0.15) is 39.4 Å². The fraction of sp³-hybridized carbons (Fsp3) is 0.727. The number of hydrogen-bond acceptors (Lipinski definition) is 2. The molecule has 1 unspecified atom stereocenters. The molecule has 0 amide bonds. The van der Waals surface area contributed by atoms with Gasteiger partial charge in [-0.2, -0.15) is 5.10 Å². The third-order valence-corrected chi connectivity index (χ3v) is 2.85. The van der Waals surface area contributed by atoms with Crippen molar-refractivity contribution in [3.05, 3.63) is 16.9 Å². The second-order valence-corrected chi connectivity index (χ2v) is 5.19. The van der Waals surface area contributed by atoms with E-state index in [1.807, 2.05) is 11.7 Å². The summed E-state index contributed by atoms with van der Waals surface area (Å²) in [5, 5.41) is 8.32. The van der Waals surface area contributed by atoms with E-state index in [9.17, 15) is 0 Å². The van der Waals surface area contributed by atoms with Gasteiger partial charge in [-0.1, -0.05) is 32.4 Å². The highest BCUT2D eigenvalue weighted by Crippen LogP contribution is 2.35. The fourth-order valence-electron chi connectivity index (χ4n) is 1.89. The number of halogens is 1. The highest BCUT2D eigenvalue weighted by molar-refractivity contribution is 6.31. The van der Waals surface area contributed by atoms with E-state index in [0.29, 0.717) is 0 Å². The Morgan fingerprint density at radius 1 is 1.53 bits per heavy atom. The molecule has 0 aliphatic carbocycles. The molecule has 0 spiro atoms. The first-order valence-electron chi connectivity index (χ1n) is 5.30. The summed E-state index contributed by atoms with van der Waals surface area (Å²) in [6.07, 6.45) is 1.72. The summed E-state index contributed by atoms with van der Waals surface area (Å²) in [5.74, 6) is 0. The van der Waals surface area contributed by atoms with Crippen LogP contribution in [0.15, 0.2) is 6.20 Å². The molecule has 4 heteroatoms. The maximum atomic E-state index is 6.18. The van der Waals surface area contributed by atoms with E-state index in [-0.39, 0.29) is 11.5 Å². The Morgan fingerprint density at radius 2 is 2.13 bits per heavy atom. The molecule has 3 nitrogen and oxygen atoms in total. The molecule has 1 aromatic heterocycles. The van der Waals surface area contributed by atoms with Gasteiger partial charge in [0, 0.05) is 6.54 Å². The molecule has 0 saturated carbocycles. The maximum absolute atomic E-state index is 6.18. The lowest BCUT2D eigenvalue weighted by atomic mass is 9.85. The Kier molecular flexibility index (Phi) is 3.79. The molecule has 1 heterocycles. The SMILES string of the molecule is CCn1ncc(Cl)c1C(NC)C(C)(C)C. The van der Waals surface area contributed by atoms with Crippen molar-refractivity contribution >= 4 is 11.6 Å². The van der Waals surface area contributed by atoms with Crippen molar-refractivity contribution in [1.29, 1.82) is 0 Å². The Balaban J connectivity index is 3.16. The van der Waals surface area contributed by atoms with E-state index >= 15 is 0 Å². The van der Waals surface area contributed by atoms with Crippen LogP contribution in [-0.2, 0) is 6.54 Å². The Labute approximate surface area is 96.8 Å². The monoisotopic (exact) mass is 229 g/mol. The number of nitrogens with zero attached hydrogens (tertiary/aromatic N) is 2. The number of aryl methyl sites for hydroxylation is 1. The van der Waals surface area contributed by atoms with Crippen molar-refractivity contribution in [2.75, 3.05) is 7.05 Å². The topological polar surface area (TPSA) is 29.9 Å². The Bertz CT molecular complexity index is 325. The van der Waals surface area contributed by atoms with Gasteiger partial charge < -0.3 is 5.32 Å². The van der Waals surface area contributed by atoms with E-state index in [2.05, 4.69) is 38.1 Å². The van der Waals surface area contributed by atoms with E-state index in [4.69, 9.17) is 11.6 Å². The van der Waals surface area contributed by atoms with Gasteiger partial charge in [0.2, 0.25) is 0 Å². The van der Waals surface area contributed by atoms with Crippen molar-refractivity contribution in [3.8, 4) is 0 Å². The summed E-state index contributed by atoms with van der Waals surface area (Å²) >= 11 is 6.18. The zero-order chi connectivity index (χ0) is 11.6. The normalized spacial score (nSPS) is 14.3. The van der Waals surface area contributed by atoms with Gasteiger partial charge in [-0.05, 0) is 19.4 Å². The average Bonchev–Trinajstić information content (AvgIpc) is 2.47. The van der Waals surface area contributed by atoms with E-state index < -0.39 is 0 Å². The minimum Gasteiger partial charge on any atom is -0.311 e. The van der Waals surface area contributed by atoms with Gasteiger partial charge in [-0.3, -0.25) is 4.68 Å². The molecule has 0 aromatic carbocycles. The summed E-state index contributed by atoms with van der Waals surface area (Å²) in [4.78, 5) is 0. The predicted octanol–water partition coefficient (Wildman–Crippen LogP) is 2.86. The molecule has 15 heavy (non-hydrogen) atoms. The lowest BCUT2D eigenvalue weighted by molar-refractivity contribution is 0.272. The second-order valence-electron chi connectivity index (χ2n) is 4.78. The average molecular weight is 230 g/mol. The highest BCUT2D eigenvalue weighted by atomic mass is 35.5. The molecule has 0 aliphatic heterocycles. The van der Waals surface area contributed by atoms with Gasteiger partial charge in [0.15, 0.2) is 0 Å². The second kappa shape index (κ2) is 4.54. The first-order valence-corrected chi connectivity index (χ1v) is 5.68.